The molecule has 0 bridgehead atoms. The summed E-state index contributed by atoms with van der Waals surface area (Å²) in [5.41, 5.74) is 21.9. The molecule has 12 amide bonds. The van der Waals surface area contributed by atoms with Gasteiger partial charge in [0, 0.05) is 61.9 Å². The highest BCUT2D eigenvalue weighted by Gasteiger charge is 2.35. The van der Waals surface area contributed by atoms with Crippen molar-refractivity contribution in [2.45, 2.75) is 65.2 Å². The van der Waals surface area contributed by atoms with Gasteiger partial charge in [0.25, 0.3) is 17.7 Å². The van der Waals surface area contributed by atoms with E-state index < -0.39 is 154 Å². The molecule has 0 aliphatic heterocycles. The first kappa shape index (κ1) is 82.6. The SMILES string of the molecule is COCCN(CC(=O)N(CCCCN)CC(=O)N(CCCCN)CC(N)=O)C(=O)CN(Cc1cccc(C(F)(F)F)c1)C(=O)CN(NC(=O)Nc1ccccc1)C(=O)CN(CC(C)C)C(=O)CN(NC(=O)Cc1ccccc1)C(=O)CN(C)C(=O)Cn1nc(-c2ccc(-c3ccc(Br)cc3)s2)oc1=O. The zero-order chi connectivity index (χ0) is 76.0. The second-order valence-corrected chi connectivity index (χ2v) is 26.4. The maximum absolute atomic E-state index is 15.1. The number of benzene rings is 4. The molecule has 30 nitrogen and oxygen atoms in total. The molecular formula is C69H86BrF3N16O14S. The molecule has 0 aliphatic carbocycles. The van der Waals surface area contributed by atoms with Crippen molar-refractivity contribution in [3.8, 4) is 21.2 Å². The van der Waals surface area contributed by atoms with Crippen LogP contribution in [-0.4, -0.2) is 227 Å². The molecule has 6 aromatic rings. The topological polar surface area (TPSA) is 385 Å². The van der Waals surface area contributed by atoms with E-state index in [4.69, 9.17) is 26.4 Å². The number of rotatable bonds is 38. The molecule has 0 radical (unpaired) electrons. The zero-order valence-corrected chi connectivity index (χ0v) is 60.4. The highest BCUT2D eigenvalue weighted by Crippen LogP contribution is 2.34. The van der Waals surface area contributed by atoms with Crippen molar-refractivity contribution < 1.29 is 75.1 Å². The van der Waals surface area contributed by atoms with Crippen LogP contribution in [0.2, 0.25) is 0 Å². The van der Waals surface area contributed by atoms with Gasteiger partial charge >= 0.3 is 18.0 Å². The first-order valence-corrected chi connectivity index (χ1v) is 34.6. The summed E-state index contributed by atoms with van der Waals surface area (Å²) < 4.78 is 55.1. The Balaban J connectivity index is 1.29. The Hall–Kier alpha value is -10.4. The number of carbonyl (C=O) groups excluding carboxylic acids is 11. The lowest BCUT2D eigenvalue weighted by Gasteiger charge is -2.33. The minimum Gasteiger partial charge on any atom is -0.387 e. The van der Waals surface area contributed by atoms with Gasteiger partial charge in [-0.1, -0.05) is 103 Å². The first-order chi connectivity index (χ1) is 49.5. The number of nitrogens with one attached hydrogen (secondary N) is 3. The number of primary amides is 1. The average Bonchev–Trinajstić information content (AvgIpc) is 1.53. The van der Waals surface area contributed by atoms with Crippen LogP contribution in [0.3, 0.4) is 0 Å². The number of hydrogen-bond donors (Lipinski definition) is 6. The van der Waals surface area contributed by atoms with Gasteiger partial charge in [0.2, 0.25) is 47.3 Å². The molecule has 0 saturated carbocycles. The van der Waals surface area contributed by atoms with Crippen LogP contribution in [0.15, 0.2) is 135 Å². The third-order valence-electron chi connectivity index (χ3n) is 15.5. The number of para-hydroxylation sites is 1. The molecule has 2 aromatic heterocycles. The first-order valence-electron chi connectivity index (χ1n) is 33.0. The minimum absolute atomic E-state index is 0.0381. The summed E-state index contributed by atoms with van der Waals surface area (Å²) in [6, 6.07) is 29.8. The monoisotopic (exact) mass is 1530 g/mol. The smallest absolute Gasteiger partial charge is 0.387 e. The summed E-state index contributed by atoms with van der Waals surface area (Å²) in [5.74, 6) is -10.7. The highest BCUT2D eigenvalue weighted by molar-refractivity contribution is 9.10. The summed E-state index contributed by atoms with van der Waals surface area (Å²) in [5, 5.41) is 7.87. The third-order valence-corrected chi connectivity index (χ3v) is 17.2. The number of ether oxygens (including phenoxy) is 1. The van der Waals surface area contributed by atoms with Crippen LogP contribution >= 0.6 is 27.3 Å². The summed E-state index contributed by atoms with van der Waals surface area (Å²) in [4.78, 5) is 176. The fourth-order valence-corrected chi connectivity index (χ4v) is 11.4. The van der Waals surface area contributed by atoms with Crippen molar-refractivity contribution in [1.29, 1.82) is 0 Å². The molecule has 0 spiro atoms. The van der Waals surface area contributed by atoms with Crippen LogP contribution in [0.25, 0.3) is 21.2 Å². The fourth-order valence-electron chi connectivity index (χ4n) is 10.2. The molecule has 0 fully saturated rings. The van der Waals surface area contributed by atoms with Crippen LogP contribution in [-0.2, 0) is 78.4 Å². The maximum atomic E-state index is 15.1. The molecule has 9 N–H and O–H groups in total. The van der Waals surface area contributed by atoms with Crippen LogP contribution in [0, 0.1) is 5.92 Å². The second kappa shape index (κ2) is 41.1. The number of carbonyl (C=O) groups is 11. The number of urea groups is 1. The fraction of sp³-hybridized carbons (Fsp3) is 0.406. The number of aromatic nitrogens is 2. The number of anilines is 1. The lowest BCUT2D eigenvalue weighted by molar-refractivity contribution is -0.152. The number of nitrogens with two attached hydrogens (primary N) is 3. The Morgan fingerprint density at radius 3 is 1.72 bits per heavy atom. The number of hydrogen-bond acceptors (Lipinski definition) is 18. The number of unbranched alkanes of at least 4 members (excludes halogenated alkanes) is 2. The Kier molecular flexibility index (Phi) is 32.6. The molecule has 6 rings (SSSR count). The van der Waals surface area contributed by atoms with Crippen LogP contribution < -0.4 is 39.1 Å². The van der Waals surface area contributed by atoms with Gasteiger partial charge in [-0.05, 0) is 110 Å². The third kappa shape index (κ3) is 27.1. The molecule has 2 heterocycles. The van der Waals surface area contributed by atoms with E-state index in [1.807, 2.05) is 30.3 Å². The van der Waals surface area contributed by atoms with Crippen molar-refractivity contribution >= 4 is 98.1 Å². The number of thiophene rings is 1. The van der Waals surface area contributed by atoms with E-state index in [9.17, 15) is 65.9 Å². The molecule has 0 atom stereocenters. The Bertz CT molecular complexity index is 3960. The normalized spacial score (nSPS) is 11.1. The number of amides is 12. The molecule has 560 valence electrons. The molecule has 104 heavy (non-hydrogen) atoms. The van der Waals surface area contributed by atoms with Gasteiger partial charge < -0.3 is 61.1 Å². The number of hydrazine groups is 2. The summed E-state index contributed by atoms with van der Waals surface area (Å²) in [6.07, 6.45) is -3.55. The predicted molar refractivity (Wildman–Crippen MR) is 381 cm³/mol. The van der Waals surface area contributed by atoms with E-state index in [-0.39, 0.29) is 62.9 Å². The van der Waals surface area contributed by atoms with Crippen molar-refractivity contribution in [3.63, 3.8) is 0 Å². The lowest BCUT2D eigenvalue weighted by atomic mass is 10.1. The van der Waals surface area contributed by atoms with Gasteiger partial charge in [0.15, 0.2) is 0 Å². The van der Waals surface area contributed by atoms with Gasteiger partial charge in [-0.25, -0.2) is 25.0 Å². The summed E-state index contributed by atoms with van der Waals surface area (Å²) >= 11 is 4.70. The van der Waals surface area contributed by atoms with E-state index in [0.29, 0.717) is 52.7 Å². The van der Waals surface area contributed by atoms with E-state index >= 15 is 4.79 Å². The number of likely N-dealkylation sites (N-methyl/N-ethyl adjacent to an activating group) is 1. The van der Waals surface area contributed by atoms with Gasteiger partial charge in [0.1, 0.15) is 39.3 Å². The molecule has 0 saturated heterocycles. The second-order valence-electron chi connectivity index (χ2n) is 24.4. The van der Waals surface area contributed by atoms with Crippen LogP contribution in [0.5, 0.6) is 0 Å². The van der Waals surface area contributed by atoms with Crippen molar-refractivity contribution in [1.82, 2.24) is 60.0 Å². The average molecular weight is 1530 g/mol. The molecular weight excluding hydrogens is 1450 g/mol. The molecule has 0 unspecified atom stereocenters. The number of methoxy groups -OCH3 is 1. The Labute approximate surface area is 610 Å². The van der Waals surface area contributed by atoms with Gasteiger partial charge in [-0.15, -0.1) is 16.4 Å². The Morgan fingerprint density at radius 2 is 1.13 bits per heavy atom. The van der Waals surface area contributed by atoms with Crippen molar-refractivity contribution in [2.24, 2.45) is 23.1 Å². The lowest BCUT2D eigenvalue weighted by Crippen LogP contribution is -2.58. The minimum atomic E-state index is -4.88. The summed E-state index contributed by atoms with van der Waals surface area (Å²) in [6.45, 7) is -5.03. The standard InChI is InChI=1S/C69H86BrF3N16O14S/c1-47(2)36-85(62(96)45-87(78-57(91)35-48-16-7-5-8-17-48)64(98)39-81(3)58(92)44-89-68(101)103-66(79-89)55-27-26-54(104-55)50-22-24-52(70)25-23-50)43-65(99)88(80-67(100)77-53-20-9-6-10-21-53)46-63(97)86(37-49-18-15-19-51(34-49)69(71,72)73)42-61(95)84(32-33-102-4)41-60(94)83(31-14-12-29-75)40-59(93)82(38-56(76)90)30-13-11-28-74/h5-10,15-27,34,47H,11-14,28-33,35-46,74-75H2,1-4H3,(H2,76,90)(H,78,91)(H2,77,80,100). The van der Waals surface area contributed by atoms with E-state index in [0.717, 1.165) is 62.3 Å². The van der Waals surface area contributed by atoms with Crippen molar-refractivity contribution in [3.05, 3.63) is 153 Å². The van der Waals surface area contributed by atoms with Crippen LogP contribution in [0.1, 0.15) is 56.2 Å². The van der Waals surface area contributed by atoms with E-state index in [1.165, 1.54) is 48.6 Å². The predicted octanol–water partition coefficient (Wildman–Crippen LogP) is 3.75. The molecule has 4 aromatic carbocycles. The molecule has 0 aliphatic rings. The van der Waals surface area contributed by atoms with E-state index in [1.54, 1.807) is 68.4 Å². The Morgan fingerprint density at radius 1 is 0.606 bits per heavy atom. The quantitative estimate of drug-likeness (QED) is 0.0237. The molecule has 35 heteroatoms. The van der Waals surface area contributed by atoms with Gasteiger partial charge in [-0.3, -0.25) is 53.4 Å². The highest BCUT2D eigenvalue weighted by atomic mass is 79.9. The zero-order valence-electron chi connectivity index (χ0n) is 58.0. The number of halogens is 4. The summed E-state index contributed by atoms with van der Waals surface area (Å²) in [7, 11) is 2.52. The van der Waals surface area contributed by atoms with Crippen molar-refractivity contribution in [2.75, 3.05) is 118 Å². The maximum Gasteiger partial charge on any atom is 0.437 e. The number of nitrogens with zero attached hydrogens (tertiary/aromatic N) is 10. The van der Waals surface area contributed by atoms with Gasteiger partial charge in [-0.2, -0.15) is 17.9 Å². The number of alkyl halides is 3. The van der Waals surface area contributed by atoms with Crippen LogP contribution in [0.4, 0.5) is 23.7 Å². The van der Waals surface area contributed by atoms with Gasteiger partial charge in [0.05, 0.1) is 43.1 Å². The van der Waals surface area contributed by atoms with E-state index in [2.05, 4.69) is 37.2 Å². The largest absolute Gasteiger partial charge is 0.437 e.